The molecule has 0 bridgehead atoms. The first kappa shape index (κ1) is 28.7. The fourth-order valence-electron chi connectivity index (χ4n) is 4.24. The number of ether oxygens (including phenoxy) is 3. The topological polar surface area (TPSA) is 85.4 Å². The van der Waals surface area contributed by atoms with E-state index in [1.807, 2.05) is 66.0 Å². The lowest BCUT2D eigenvalue weighted by Gasteiger charge is -2.29. The summed E-state index contributed by atoms with van der Waals surface area (Å²) in [6, 6.07) is 19.0. The van der Waals surface area contributed by atoms with Crippen LogP contribution in [0.3, 0.4) is 0 Å². The van der Waals surface area contributed by atoms with Crippen LogP contribution in [0.5, 0.6) is 5.75 Å². The van der Waals surface area contributed by atoms with Gasteiger partial charge in [-0.2, -0.15) is 0 Å². The molecule has 10 heteroatoms. The van der Waals surface area contributed by atoms with Crippen molar-refractivity contribution in [3.63, 3.8) is 0 Å². The van der Waals surface area contributed by atoms with Crippen LogP contribution in [0.4, 0.5) is 5.69 Å². The Bertz CT molecular complexity index is 1270. The van der Waals surface area contributed by atoms with Crippen LogP contribution in [0, 0.1) is 0 Å². The number of fused-ring (bicyclic) bond motifs is 1. The van der Waals surface area contributed by atoms with Crippen LogP contribution >= 0.6 is 23.1 Å². The summed E-state index contributed by atoms with van der Waals surface area (Å²) in [4.78, 5) is 44.3. The van der Waals surface area contributed by atoms with Gasteiger partial charge in [0.2, 0.25) is 5.91 Å². The lowest BCUT2D eigenvalue weighted by atomic mass is 10.1. The first-order valence-electron chi connectivity index (χ1n) is 12.7. The number of anilines is 1. The molecule has 2 unspecified atom stereocenters. The number of thiophene rings is 1. The van der Waals surface area contributed by atoms with Gasteiger partial charge in [0.1, 0.15) is 12.4 Å². The van der Waals surface area contributed by atoms with Gasteiger partial charge >= 0.3 is 5.97 Å². The van der Waals surface area contributed by atoms with Gasteiger partial charge in [-0.1, -0.05) is 30.3 Å². The number of hydrogen-bond acceptors (Lipinski definition) is 8. The van der Waals surface area contributed by atoms with Gasteiger partial charge in [-0.25, -0.2) is 4.79 Å². The summed E-state index contributed by atoms with van der Waals surface area (Å²) in [5.41, 5.74) is 1.61. The lowest BCUT2D eigenvalue weighted by molar-refractivity contribution is -0.152. The highest BCUT2D eigenvalue weighted by Crippen LogP contribution is 2.46. The predicted molar refractivity (Wildman–Crippen MR) is 152 cm³/mol. The minimum absolute atomic E-state index is 0.0198. The highest BCUT2D eigenvalue weighted by molar-refractivity contribution is 7.99. The van der Waals surface area contributed by atoms with E-state index >= 15 is 0 Å². The summed E-state index contributed by atoms with van der Waals surface area (Å²) in [7, 11) is 3.34. The minimum Gasteiger partial charge on any atom is -0.497 e. The summed E-state index contributed by atoms with van der Waals surface area (Å²) >= 11 is 3.05. The molecule has 0 N–H and O–H groups in total. The molecule has 2 heterocycles. The molecule has 2 aromatic carbocycles. The third-order valence-corrected chi connectivity index (χ3v) is 8.56. The molecule has 0 spiro atoms. The van der Waals surface area contributed by atoms with Crippen molar-refractivity contribution in [2.45, 2.75) is 29.6 Å². The quantitative estimate of drug-likeness (QED) is 0.313. The Labute approximate surface area is 236 Å². The SMILES string of the molecule is CCOC(=O)COC1C(=O)N(CCN(C)C(=O)Cc2cccs2)c2ccccc2SC1c1ccc(OC)cc1. The standard InChI is InChI=1S/C29H32N2O6S2/c1-4-36-26(33)19-37-27-28(20-11-13-21(35-3)14-12-20)39-24-10-6-5-9-23(24)31(29(27)34)16-15-30(2)25(32)18-22-8-7-17-38-22/h5-14,17,27-28H,4,15-16,18-19H2,1-3H3. The van der Waals surface area contributed by atoms with E-state index in [0.29, 0.717) is 18.7 Å². The molecule has 2 amide bonds. The molecule has 4 rings (SSSR count). The second-order valence-electron chi connectivity index (χ2n) is 8.88. The van der Waals surface area contributed by atoms with Gasteiger partial charge in [0.05, 0.1) is 31.1 Å². The number of rotatable bonds is 11. The average molecular weight is 569 g/mol. The minimum atomic E-state index is -0.965. The van der Waals surface area contributed by atoms with Crippen LogP contribution in [0.1, 0.15) is 22.6 Å². The van der Waals surface area contributed by atoms with Crippen LogP contribution in [-0.4, -0.2) is 69.2 Å². The molecule has 1 aliphatic heterocycles. The van der Waals surface area contributed by atoms with E-state index in [2.05, 4.69) is 0 Å². The van der Waals surface area contributed by atoms with Gasteiger partial charge in [0.15, 0.2) is 6.10 Å². The number of nitrogens with zero attached hydrogens (tertiary/aromatic N) is 2. The van der Waals surface area contributed by atoms with Gasteiger partial charge in [0.25, 0.3) is 5.91 Å². The molecule has 0 fully saturated rings. The average Bonchev–Trinajstić information content (AvgIpc) is 3.42. The second kappa shape index (κ2) is 13.6. The zero-order valence-electron chi connectivity index (χ0n) is 22.2. The monoisotopic (exact) mass is 568 g/mol. The zero-order valence-corrected chi connectivity index (χ0v) is 23.8. The van der Waals surface area contributed by atoms with Gasteiger partial charge < -0.3 is 24.0 Å². The molecule has 0 saturated carbocycles. The van der Waals surface area contributed by atoms with Crippen molar-refractivity contribution >= 4 is 46.6 Å². The van der Waals surface area contributed by atoms with Crippen molar-refractivity contribution in [3.8, 4) is 5.75 Å². The normalized spacial score (nSPS) is 16.8. The predicted octanol–water partition coefficient (Wildman–Crippen LogP) is 4.59. The molecule has 1 aliphatic rings. The number of thioether (sulfide) groups is 1. The van der Waals surface area contributed by atoms with E-state index in [4.69, 9.17) is 14.2 Å². The smallest absolute Gasteiger partial charge is 0.332 e. The molecule has 0 saturated heterocycles. The Morgan fingerprint density at radius 1 is 1.05 bits per heavy atom. The Hall–Kier alpha value is -3.34. The number of amides is 2. The maximum absolute atomic E-state index is 14.1. The molecule has 0 radical (unpaired) electrons. The Balaban J connectivity index is 1.61. The molecular formula is C29H32N2O6S2. The highest BCUT2D eigenvalue weighted by atomic mass is 32.2. The van der Waals surface area contributed by atoms with E-state index in [1.165, 1.54) is 11.8 Å². The Morgan fingerprint density at radius 2 is 1.82 bits per heavy atom. The third kappa shape index (κ3) is 7.20. The summed E-state index contributed by atoms with van der Waals surface area (Å²) < 4.78 is 16.4. The number of carbonyl (C=O) groups excluding carboxylic acids is 3. The summed E-state index contributed by atoms with van der Waals surface area (Å²) in [6.07, 6.45) is -0.647. The van der Waals surface area contributed by atoms with Gasteiger partial charge in [0, 0.05) is 29.9 Å². The summed E-state index contributed by atoms with van der Waals surface area (Å²) in [6.45, 7) is 2.21. The van der Waals surface area contributed by atoms with Crippen LogP contribution < -0.4 is 9.64 Å². The number of benzene rings is 2. The maximum atomic E-state index is 14.1. The zero-order chi connectivity index (χ0) is 27.8. The Kier molecular flexibility index (Phi) is 10.0. The van der Waals surface area contributed by atoms with Crippen molar-refractivity contribution in [2.24, 2.45) is 0 Å². The molecule has 2 atom stereocenters. The molecule has 3 aromatic rings. The Morgan fingerprint density at radius 3 is 2.51 bits per heavy atom. The van der Waals surface area contributed by atoms with Gasteiger partial charge in [-0.15, -0.1) is 23.1 Å². The largest absolute Gasteiger partial charge is 0.497 e. The lowest BCUT2D eigenvalue weighted by Crippen LogP contribution is -2.46. The van der Waals surface area contributed by atoms with Crippen molar-refractivity contribution in [2.75, 3.05) is 45.4 Å². The third-order valence-electron chi connectivity index (χ3n) is 6.32. The highest BCUT2D eigenvalue weighted by Gasteiger charge is 2.40. The molecule has 0 aliphatic carbocycles. The van der Waals surface area contributed by atoms with Crippen molar-refractivity contribution in [1.29, 1.82) is 0 Å². The number of para-hydroxylation sites is 1. The fraction of sp³-hybridized carbons (Fsp3) is 0.345. The first-order chi connectivity index (χ1) is 18.9. The van der Waals surface area contributed by atoms with Crippen LogP contribution in [-0.2, 0) is 30.3 Å². The molecular weight excluding hydrogens is 536 g/mol. The van der Waals surface area contributed by atoms with E-state index in [-0.39, 0.29) is 31.6 Å². The van der Waals surface area contributed by atoms with Crippen molar-refractivity contribution < 1.29 is 28.6 Å². The van der Waals surface area contributed by atoms with Crippen LogP contribution in [0.15, 0.2) is 70.9 Å². The van der Waals surface area contributed by atoms with Gasteiger partial charge in [-0.05, 0) is 48.2 Å². The van der Waals surface area contributed by atoms with E-state index in [9.17, 15) is 14.4 Å². The summed E-state index contributed by atoms with van der Waals surface area (Å²) in [5, 5.41) is 1.52. The van der Waals surface area contributed by atoms with Crippen LogP contribution in [0.25, 0.3) is 0 Å². The number of esters is 1. The number of likely N-dealkylation sites (N-methyl/N-ethyl adjacent to an activating group) is 1. The van der Waals surface area contributed by atoms with Crippen LogP contribution in [0.2, 0.25) is 0 Å². The number of methoxy groups -OCH3 is 1. The van der Waals surface area contributed by atoms with Crippen molar-refractivity contribution in [3.05, 3.63) is 76.5 Å². The second-order valence-corrected chi connectivity index (χ2v) is 11.1. The van der Waals surface area contributed by atoms with Gasteiger partial charge in [-0.3, -0.25) is 9.59 Å². The maximum Gasteiger partial charge on any atom is 0.332 e. The molecule has 1 aromatic heterocycles. The van der Waals surface area contributed by atoms with E-state index in [1.54, 1.807) is 42.2 Å². The first-order valence-corrected chi connectivity index (χ1v) is 14.4. The van der Waals surface area contributed by atoms with E-state index in [0.717, 1.165) is 21.0 Å². The number of hydrogen-bond donors (Lipinski definition) is 0. The van der Waals surface area contributed by atoms with E-state index < -0.39 is 17.3 Å². The fourth-order valence-corrected chi connectivity index (χ4v) is 6.28. The number of carbonyl (C=O) groups is 3. The summed E-state index contributed by atoms with van der Waals surface area (Å²) in [5.74, 6) is -0.133. The molecule has 39 heavy (non-hydrogen) atoms. The molecule has 206 valence electrons. The van der Waals surface area contributed by atoms with Crippen molar-refractivity contribution in [1.82, 2.24) is 4.90 Å². The molecule has 8 nitrogen and oxygen atoms in total.